The van der Waals surface area contributed by atoms with Gasteiger partial charge in [-0.05, 0) is 38.5 Å². The van der Waals surface area contributed by atoms with Gasteiger partial charge in [0, 0.05) is 19.3 Å². The summed E-state index contributed by atoms with van der Waals surface area (Å²) in [6, 6.07) is -0.607. The number of carbonyl (C=O) groups is 3. The predicted octanol–water partition coefficient (Wildman–Crippen LogP) is 7.63. The quantitative estimate of drug-likeness (QED) is 0.0409. The highest BCUT2D eigenvalue weighted by molar-refractivity contribution is 5.72. The first-order chi connectivity index (χ1) is 20.1. The van der Waals surface area contributed by atoms with Crippen LogP contribution in [-0.4, -0.2) is 80.6 Å². The number of carbonyl (C=O) groups excluding carboxylic acids is 2. The number of rotatable bonds is 29. The van der Waals surface area contributed by atoms with Crippen LogP contribution in [0.3, 0.4) is 0 Å². The molecule has 0 radical (unpaired) electrons. The molecule has 1 N–H and O–H groups in total. The van der Waals surface area contributed by atoms with Gasteiger partial charge in [-0.1, -0.05) is 90.2 Å². The van der Waals surface area contributed by atoms with Crippen LogP contribution < -0.4 is 0 Å². The summed E-state index contributed by atoms with van der Waals surface area (Å²) in [4.78, 5) is 35.8. The van der Waals surface area contributed by atoms with Crippen LogP contribution in [-0.2, 0) is 28.6 Å². The van der Waals surface area contributed by atoms with Gasteiger partial charge in [-0.15, -0.1) is 0 Å². The summed E-state index contributed by atoms with van der Waals surface area (Å²) in [6.07, 6.45) is 23.9. The molecule has 0 fully saturated rings. The normalized spacial score (nSPS) is 13.3. The molecule has 2 unspecified atom stereocenters. The van der Waals surface area contributed by atoms with E-state index in [2.05, 4.69) is 19.1 Å². The molecule has 0 amide bonds. The van der Waals surface area contributed by atoms with Crippen molar-refractivity contribution in [2.24, 2.45) is 0 Å². The van der Waals surface area contributed by atoms with Crippen molar-refractivity contribution in [2.75, 3.05) is 41.0 Å². The molecule has 0 aliphatic carbocycles. The van der Waals surface area contributed by atoms with Gasteiger partial charge in [0.05, 0.1) is 34.4 Å². The maximum absolute atomic E-state index is 12.4. The Morgan fingerprint density at radius 3 is 1.76 bits per heavy atom. The Hall–Kier alpha value is -1.93. The summed E-state index contributed by atoms with van der Waals surface area (Å²) in [6.45, 7) is 4.36. The smallest absolute Gasteiger partial charge is 0.362 e. The number of allylic oxidation sites excluding steroid dienone is 2. The molecule has 0 aromatic rings. The number of likely N-dealkylation sites (N-methyl/N-ethyl adjacent to an activating group) is 1. The van der Waals surface area contributed by atoms with E-state index in [9.17, 15) is 19.5 Å². The summed E-state index contributed by atoms with van der Waals surface area (Å²) in [5.41, 5.74) is 0. The van der Waals surface area contributed by atoms with Crippen molar-refractivity contribution in [3.8, 4) is 0 Å². The lowest BCUT2D eigenvalue weighted by Crippen LogP contribution is -2.50. The number of carboxylic acids is 1. The molecular weight excluding hydrogens is 534 g/mol. The zero-order chi connectivity index (χ0) is 31.5. The predicted molar refractivity (Wildman–Crippen MR) is 169 cm³/mol. The van der Waals surface area contributed by atoms with Crippen LogP contribution in [0.1, 0.15) is 136 Å². The van der Waals surface area contributed by atoms with Gasteiger partial charge in [-0.3, -0.25) is 9.59 Å². The van der Waals surface area contributed by atoms with Gasteiger partial charge in [-0.25, -0.2) is 4.79 Å². The molecule has 0 spiro atoms. The second-order valence-corrected chi connectivity index (χ2v) is 12.4. The van der Waals surface area contributed by atoms with E-state index in [1.165, 1.54) is 77.0 Å². The van der Waals surface area contributed by atoms with E-state index in [0.717, 1.165) is 19.3 Å². The second-order valence-electron chi connectivity index (χ2n) is 12.4. The van der Waals surface area contributed by atoms with Crippen LogP contribution in [0, 0.1) is 0 Å². The largest absolute Gasteiger partial charge is 0.477 e. The average Bonchev–Trinajstić information content (AvgIpc) is 2.92. The number of unbranched alkanes of at least 4 members (excludes halogenated alkanes) is 13. The summed E-state index contributed by atoms with van der Waals surface area (Å²) in [5, 5.41) is 9.47. The molecule has 8 nitrogen and oxygen atoms in total. The van der Waals surface area contributed by atoms with Gasteiger partial charge in [-0.2, -0.15) is 0 Å². The zero-order valence-corrected chi connectivity index (χ0v) is 27.7. The Morgan fingerprint density at radius 1 is 0.690 bits per heavy atom. The number of nitrogens with zero attached hydrogens (tertiary/aromatic N) is 1. The fourth-order valence-corrected chi connectivity index (χ4v) is 4.77. The number of ether oxygens (including phenoxy) is 3. The van der Waals surface area contributed by atoms with Gasteiger partial charge in [0.1, 0.15) is 6.61 Å². The van der Waals surface area contributed by atoms with Crippen molar-refractivity contribution in [3.05, 3.63) is 12.2 Å². The van der Waals surface area contributed by atoms with Gasteiger partial charge >= 0.3 is 17.9 Å². The van der Waals surface area contributed by atoms with Crippen molar-refractivity contribution < 1.29 is 38.2 Å². The summed E-state index contributed by atoms with van der Waals surface area (Å²) in [5.74, 6) is -1.54. The Kier molecular flexibility index (Phi) is 25.5. The molecule has 8 heteroatoms. The molecule has 2 atom stereocenters. The number of quaternary nitrogens is 1. The third kappa shape index (κ3) is 24.6. The highest BCUT2D eigenvalue weighted by Gasteiger charge is 2.31. The lowest BCUT2D eigenvalue weighted by atomic mass is 10.1. The highest BCUT2D eigenvalue weighted by Crippen LogP contribution is 2.13. The molecule has 246 valence electrons. The van der Waals surface area contributed by atoms with E-state index in [-0.39, 0.29) is 36.2 Å². The average molecular weight is 599 g/mol. The number of esters is 2. The molecule has 0 rings (SSSR count). The Labute approximate surface area is 257 Å². The second kappa shape index (κ2) is 26.7. The monoisotopic (exact) mass is 598 g/mol. The lowest BCUT2D eigenvalue weighted by Gasteiger charge is -2.31. The van der Waals surface area contributed by atoms with Crippen LogP contribution in [0.15, 0.2) is 12.2 Å². The van der Waals surface area contributed by atoms with Crippen LogP contribution >= 0.6 is 0 Å². The topological polar surface area (TPSA) is 99.1 Å². The highest BCUT2D eigenvalue weighted by atomic mass is 16.6. The molecule has 0 saturated carbocycles. The minimum Gasteiger partial charge on any atom is -0.477 e. The van der Waals surface area contributed by atoms with Crippen LogP contribution in [0.4, 0.5) is 0 Å². The summed E-state index contributed by atoms with van der Waals surface area (Å²) >= 11 is 0. The number of aliphatic carboxylic acids is 1. The fraction of sp³-hybridized carbons (Fsp3) is 0.853. The molecule has 42 heavy (non-hydrogen) atoms. The molecule has 0 saturated heterocycles. The zero-order valence-electron chi connectivity index (χ0n) is 27.7. The van der Waals surface area contributed by atoms with Gasteiger partial charge in [0.2, 0.25) is 0 Å². The maximum atomic E-state index is 12.4. The Balaban J connectivity index is 4.10. The molecule has 0 bridgehead atoms. The van der Waals surface area contributed by atoms with Gasteiger partial charge < -0.3 is 23.8 Å². The van der Waals surface area contributed by atoms with Crippen molar-refractivity contribution in [3.63, 3.8) is 0 Å². The van der Waals surface area contributed by atoms with Gasteiger partial charge in [0.15, 0.2) is 12.1 Å². The molecular formula is C34H64NO7+. The van der Waals surface area contributed by atoms with E-state index >= 15 is 0 Å². The first kappa shape index (κ1) is 40.1. The molecule has 0 aliphatic heterocycles. The van der Waals surface area contributed by atoms with Crippen LogP contribution in [0.2, 0.25) is 0 Å². The first-order valence-electron chi connectivity index (χ1n) is 16.7. The minimum absolute atomic E-state index is 0.0584. The Bertz CT molecular complexity index is 717. The van der Waals surface area contributed by atoms with E-state index in [1.54, 1.807) is 0 Å². The molecule has 0 aromatic carbocycles. The third-order valence-corrected chi connectivity index (χ3v) is 7.38. The lowest BCUT2D eigenvalue weighted by molar-refractivity contribution is -0.887. The van der Waals surface area contributed by atoms with E-state index < -0.39 is 18.1 Å². The van der Waals surface area contributed by atoms with E-state index in [4.69, 9.17) is 14.2 Å². The number of hydrogen-bond donors (Lipinski definition) is 1. The fourth-order valence-electron chi connectivity index (χ4n) is 4.77. The van der Waals surface area contributed by atoms with Crippen LogP contribution in [0.25, 0.3) is 0 Å². The standard InChI is InChI=1S/C34H63NO7/c1-6-8-9-10-11-12-13-14-15-16-17-18-19-20-21-22-23-25-33(37)42-30(29-41-32(36)24-7-2)28-40-27-26-31(34(38)39)35(3,4)5/h14-15,30-31H,6-13,16-29H2,1-5H3/p+1/b15-14-. The van der Waals surface area contributed by atoms with E-state index in [0.29, 0.717) is 25.7 Å². The number of hydrogen-bond acceptors (Lipinski definition) is 6. The third-order valence-electron chi connectivity index (χ3n) is 7.38. The van der Waals surface area contributed by atoms with Crippen LogP contribution in [0.5, 0.6) is 0 Å². The molecule has 0 aliphatic rings. The first-order valence-corrected chi connectivity index (χ1v) is 16.7. The maximum Gasteiger partial charge on any atom is 0.362 e. The Morgan fingerprint density at radius 2 is 1.24 bits per heavy atom. The van der Waals surface area contributed by atoms with E-state index in [1.807, 2.05) is 28.1 Å². The molecule has 0 aromatic heterocycles. The SMILES string of the molecule is CCCCCCCC/C=C\CCCCCCCCCC(=O)OC(COCCC(C(=O)O)[N+](C)(C)C)COC(=O)CCC. The molecule has 0 heterocycles. The van der Waals surface area contributed by atoms with Crippen molar-refractivity contribution in [2.45, 2.75) is 148 Å². The number of carboxylic acid groups (broad SMARTS) is 1. The van der Waals surface area contributed by atoms with Crippen molar-refractivity contribution >= 4 is 17.9 Å². The minimum atomic E-state index is -0.881. The van der Waals surface area contributed by atoms with Crippen molar-refractivity contribution in [1.82, 2.24) is 0 Å². The van der Waals surface area contributed by atoms with Gasteiger partial charge in [0.25, 0.3) is 0 Å². The summed E-state index contributed by atoms with van der Waals surface area (Å²) in [7, 11) is 5.48. The summed E-state index contributed by atoms with van der Waals surface area (Å²) < 4.78 is 16.8. The van der Waals surface area contributed by atoms with Crippen molar-refractivity contribution in [1.29, 1.82) is 0 Å².